The average Bonchev–Trinajstić information content (AvgIpc) is 2.79. The Morgan fingerprint density at radius 1 is 1.39 bits per heavy atom. The third-order valence-corrected chi connectivity index (χ3v) is 3.12. The summed E-state index contributed by atoms with van der Waals surface area (Å²) in [4.78, 5) is 4.21. The zero-order valence-electron chi connectivity index (χ0n) is 9.99. The fraction of sp³-hybridized carbons (Fsp3) is 0.462. The number of ether oxygens (including phenoxy) is 1. The van der Waals surface area contributed by atoms with Crippen LogP contribution < -0.4 is 5.32 Å². The second-order valence-corrected chi connectivity index (χ2v) is 4.48. The molecular formula is C13H15FN2O2. The number of halogens is 1. The van der Waals surface area contributed by atoms with Gasteiger partial charge in [-0.2, -0.15) is 0 Å². The lowest BCUT2D eigenvalue weighted by molar-refractivity contribution is 0.0113. The van der Waals surface area contributed by atoms with E-state index in [2.05, 4.69) is 10.3 Å². The van der Waals surface area contributed by atoms with Gasteiger partial charge in [-0.25, -0.2) is 9.37 Å². The largest absolute Gasteiger partial charge is 0.438 e. The number of nitrogens with one attached hydrogen (secondary N) is 1. The smallest absolute Gasteiger partial charge is 0.221 e. The van der Waals surface area contributed by atoms with Crippen LogP contribution in [0.5, 0.6) is 0 Å². The van der Waals surface area contributed by atoms with Crippen molar-refractivity contribution in [3.63, 3.8) is 0 Å². The number of oxazole rings is 1. The van der Waals surface area contributed by atoms with Gasteiger partial charge >= 0.3 is 0 Å². The van der Waals surface area contributed by atoms with Crippen LogP contribution in [0.25, 0.3) is 11.1 Å². The zero-order chi connectivity index (χ0) is 12.4. The van der Waals surface area contributed by atoms with E-state index in [4.69, 9.17) is 9.15 Å². The van der Waals surface area contributed by atoms with Crippen molar-refractivity contribution in [2.45, 2.75) is 25.6 Å². The van der Waals surface area contributed by atoms with E-state index in [1.165, 1.54) is 12.1 Å². The normalized spacial score (nSPS) is 17.4. The van der Waals surface area contributed by atoms with Gasteiger partial charge < -0.3 is 14.5 Å². The highest BCUT2D eigenvalue weighted by Gasteiger charge is 2.15. The summed E-state index contributed by atoms with van der Waals surface area (Å²) >= 11 is 0. The highest BCUT2D eigenvalue weighted by molar-refractivity contribution is 5.72. The molecule has 0 atom stereocenters. The molecule has 0 bridgehead atoms. The summed E-state index contributed by atoms with van der Waals surface area (Å²) in [5, 5.41) is 3.28. The molecule has 5 heteroatoms. The fourth-order valence-corrected chi connectivity index (χ4v) is 2.16. The molecule has 0 amide bonds. The van der Waals surface area contributed by atoms with Crippen LogP contribution in [0, 0.1) is 5.82 Å². The fourth-order valence-electron chi connectivity index (χ4n) is 2.16. The van der Waals surface area contributed by atoms with E-state index < -0.39 is 0 Å². The maximum Gasteiger partial charge on any atom is 0.221 e. The number of piperidine rings is 1. The topological polar surface area (TPSA) is 47.3 Å². The summed E-state index contributed by atoms with van der Waals surface area (Å²) in [5.74, 6) is 0.204. The Bertz CT molecular complexity index is 535. The third-order valence-electron chi connectivity index (χ3n) is 3.12. The number of aromatic nitrogens is 1. The zero-order valence-corrected chi connectivity index (χ0v) is 9.99. The second kappa shape index (κ2) is 5.04. The van der Waals surface area contributed by atoms with Crippen LogP contribution in [0.4, 0.5) is 4.39 Å². The molecule has 0 unspecified atom stereocenters. The van der Waals surface area contributed by atoms with E-state index in [9.17, 15) is 4.39 Å². The molecule has 1 aromatic heterocycles. The molecule has 2 aromatic rings. The Hall–Kier alpha value is -1.46. The SMILES string of the molecule is Fc1ccc2oc(COC3CCNCC3)nc2c1. The van der Waals surface area contributed by atoms with Gasteiger partial charge in [0.2, 0.25) is 5.89 Å². The van der Waals surface area contributed by atoms with E-state index in [-0.39, 0.29) is 11.9 Å². The summed E-state index contributed by atoms with van der Waals surface area (Å²) in [6.07, 6.45) is 2.28. The number of benzene rings is 1. The van der Waals surface area contributed by atoms with Crippen LogP contribution in [0.1, 0.15) is 18.7 Å². The molecule has 0 radical (unpaired) electrons. The molecule has 0 spiro atoms. The van der Waals surface area contributed by atoms with Crippen LogP contribution >= 0.6 is 0 Å². The van der Waals surface area contributed by atoms with Gasteiger partial charge in [-0.15, -0.1) is 0 Å². The molecule has 0 aliphatic carbocycles. The van der Waals surface area contributed by atoms with E-state index in [1.54, 1.807) is 6.07 Å². The van der Waals surface area contributed by atoms with Gasteiger partial charge in [0.05, 0.1) is 6.10 Å². The number of nitrogens with zero attached hydrogens (tertiary/aromatic N) is 1. The molecule has 3 rings (SSSR count). The van der Waals surface area contributed by atoms with Gasteiger partial charge in [0.1, 0.15) is 17.9 Å². The van der Waals surface area contributed by atoms with Crippen LogP contribution in [0.3, 0.4) is 0 Å². The van der Waals surface area contributed by atoms with Gasteiger partial charge in [-0.3, -0.25) is 0 Å². The van der Waals surface area contributed by atoms with Gasteiger partial charge in [-0.1, -0.05) is 0 Å². The van der Waals surface area contributed by atoms with Gasteiger partial charge in [0, 0.05) is 6.07 Å². The quantitative estimate of drug-likeness (QED) is 0.907. The molecule has 1 aliphatic rings. The predicted octanol–water partition coefficient (Wildman–Crippen LogP) is 2.24. The van der Waals surface area contributed by atoms with E-state index in [1.807, 2.05) is 0 Å². The highest BCUT2D eigenvalue weighted by Crippen LogP contribution is 2.18. The Kier molecular flexibility index (Phi) is 3.25. The van der Waals surface area contributed by atoms with Crippen molar-refractivity contribution in [2.24, 2.45) is 0 Å². The maximum absolute atomic E-state index is 13.0. The number of hydrogen-bond donors (Lipinski definition) is 1. The van der Waals surface area contributed by atoms with Gasteiger partial charge in [0.25, 0.3) is 0 Å². The van der Waals surface area contributed by atoms with Crippen molar-refractivity contribution in [3.8, 4) is 0 Å². The van der Waals surface area contributed by atoms with Gasteiger partial charge in [-0.05, 0) is 38.1 Å². The van der Waals surface area contributed by atoms with Crippen molar-refractivity contribution in [1.82, 2.24) is 10.3 Å². The van der Waals surface area contributed by atoms with Crippen LogP contribution in [-0.2, 0) is 11.3 Å². The first-order valence-corrected chi connectivity index (χ1v) is 6.18. The predicted molar refractivity (Wildman–Crippen MR) is 64.6 cm³/mol. The molecule has 1 N–H and O–H groups in total. The molecular weight excluding hydrogens is 235 g/mol. The summed E-state index contributed by atoms with van der Waals surface area (Å²) in [6.45, 7) is 2.33. The number of hydrogen-bond acceptors (Lipinski definition) is 4. The van der Waals surface area contributed by atoms with Crippen molar-refractivity contribution in [3.05, 3.63) is 29.9 Å². The molecule has 0 saturated carbocycles. The van der Waals surface area contributed by atoms with Crippen LogP contribution in [-0.4, -0.2) is 24.2 Å². The van der Waals surface area contributed by atoms with Crippen molar-refractivity contribution < 1.29 is 13.5 Å². The molecule has 18 heavy (non-hydrogen) atoms. The molecule has 1 fully saturated rings. The van der Waals surface area contributed by atoms with Crippen molar-refractivity contribution in [1.29, 1.82) is 0 Å². The van der Waals surface area contributed by atoms with Crippen molar-refractivity contribution >= 4 is 11.1 Å². The molecule has 1 saturated heterocycles. The first-order chi connectivity index (χ1) is 8.81. The summed E-state index contributed by atoms with van der Waals surface area (Å²) in [7, 11) is 0. The molecule has 2 heterocycles. The summed E-state index contributed by atoms with van der Waals surface area (Å²) < 4.78 is 24.2. The lowest BCUT2D eigenvalue weighted by Gasteiger charge is -2.22. The Morgan fingerprint density at radius 3 is 3.06 bits per heavy atom. The van der Waals surface area contributed by atoms with Gasteiger partial charge in [0.15, 0.2) is 5.58 Å². The van der Waals surface area contributed by atoms with E-state index >= 15 is 0 Å². The van der Waals surface area contributed by atoms with E-state index in [0.717, 1.165) is 25.9 Å². The van der Waals surface area contributed by atoms with Crippen LogP contribution in [0.2, 0.25) is 0 Å². The molecule has 1 aliphatic heterocycles. The van der Waals surface area contributed by atoms with Crippen LogP contribution in [0.15, 0.2) is 22.6 Å². The standard InChI is InChI=1S/C13H15FN2O2/c14-9-1-2-12-11(7-9)16-13(18-12)8-17-10-3-5-15-6-4-10/h1-2,7,10,15H,3-6,8H2. The minimum Gasteiger partial charge on any atom is -0.438 e. The van der Waals surface area contributed by atoms with Crippen molar-refractivity contribution in [2.75, 3.05) is 13.1 Å². The lowest BCUT2D eigenvalue weighted by atomic mass is 10.1. The molecule has 1 aromatic carbocycles. The Morgan fingerprint density at radius 2 is 2.22 bits per heavy atom. The monoisotopic (exact) mass is 250 g/mol. The first-order valence-electron chi connectivity index (χ1n) is 6.18. The molecule has 96 valence electrons. The minimum atomic E-state index is -0.304. The number of rotatable bonds is 3. The Balaban J connectivity index is 1.67. The number of fused-ring (bicyclic) bond motifs is 1. The lowest BCUT2D eigenvalue weighted by Crippen LogP contribution is -2.32. The summed E-state index contributed by atoms with van der Waals surface area (Å²) in [5.41, 5.74) is 1.14. The third kappa shape index (κ3) is 2.52. The van der Waals surface area contributed by atoms with E-state index in [0.29, 0.717) is 23.6 Å². The minimum absolute atomic E-state index is 0.262. The average molecular weight is 250 g/mol. The Labute approximate surface area is 104 Å². The highest BCUT2D eigenvalue weighted by atomic mass is 19.1. The maximum atomic E-state index is 13.0. The first kappa shape index (κ1) is 11.6. The molecule has 4 nitrogen and oxygen atoms in total. The second-order valence-electron chi connectivity index (χ2n) is 4.48. The summed E-state index contributed by atoms with van der Waals surface area (Å²) in [6, 6.07) is 4.32.